The molecule has 0 aliphatic heterocycles. The van der Waals surface area contributed by atoms with Crippen molar-refractivity contribution in [3.8, 4) is 5.75 Å². The molecule has 4 rings (SSSR count). The highest BCUT2D eigenvalue weighted by molar-refractivity contribution is 7.90. The summed E-state index contributed by atoms with van der Waals surface area (Å²) in [4.78, 5) is 32.3. The summed E-state index contributed by atoms with van der Waals surface area (Å²) < 4.78 is 31.6. The Morgan fingerprint density at radius 1 is 1.07 bits per heavy atom. The van der Waals surface area contributed by atoms with Gasteiger partial charge in [-0.1, -0.05) is 43.7 Å². The third kappa shape index (κ3) is 6.34. The Morgan fingerprint density at radius 2 is 1.77 bits per heavy atom. The molecular weight excluding hydrogens is 530 g/mol. The van der Waals surface area contributed by atoms with Crippen molar-refractivity contribution in [1.29, 1.82) is 0 Å². The van der Waals surface area contributed by atoms with E-state index in [4.69, 9.17) is 9.72 Å². The fourth-order valence-corrected chi connectivity index (χ4v) is 5.17. The number of unbranched alkanes of at least 4 members (excludes halogenated alkanes) is 1. The van der Waals surface area contributed by atoms with E-state index in [1.54, 1.807) is 47.0 Å². The van der Waals surface area contributed by atoms with Crippen LogP contribution in [0.25, 0.3) is 10.9 Å². The molecule has 0 aliphatic rings. The molecule has 1 aromatic heterocycles. The van der Waals surface area contributed by atoms with E-state index >= 15 is 0 Å². The number of rotatable bonds is 11. The maximum atomic E-state index is 13.6. The topological polar surface area (TPSA) is 119 Å². The van der Waals surface area contributed by atoms with E-state index in [0.717, 1.165) is 30.3 Å². The summed E-state index contributed by atoms with van der Waals surface area (Å²) in [7, 11) is 0.190. The summed E-state index contributed by atoms with van der Waals surface area (Å²) in [5, 5.41) is 10.1. The van der Waals surface area contributed by atoms with Crippen LogP contribution >= 0.6 is 0 Å². The van der Waals surface area contributed by atoms with Crippen LogP contribution < -0.4 is 15.2 Å². The van der Waals surface area contributed by atoms with Crippen molar-refractivity contribution in [2.75, 3.05) is 25.3 Å². The number of benzene rings is 3. The van der Waals surface area contributed by atoms with E-state index in [1.807, 2.05) is 31.1 Å². The van der Waals surface area contributed by atoms with Gasteiger partial charge in [-0.05, 0) is 48.4 Å². The minimum absolute atomic E-state index is 0.0667. The van der Waals surface area contributed by atoms with Crippen LogP contribution in [0.5, 0.6) is 5.75 Å². The Bertz CT molecular complexity index is 1700. The van der Waals surface area contributed by atoms with E-state index in [0.29, 0.717) is 29.1 Å². The molecule has 1 N–H and O–H groups in total. The molecule has 210 valence electrons. The van der Waals surface area contributed by atoms with Crippen LogP contribution in [0.2, 0.25) is 0 Å². The molecule has 0 bridgehead atoms. The summed E-state index contributed by atoms with van der Waals surface area (Å²) in [6.07, 6.45) is 2.27. The first-order valence-corrected chi connectivity index (χ1v) is 14.9. The number of aromatic nitrogens is 2. The highest BCUT2D eigenvalue weighted by atomic mass is 32.2. The standard InChI is InChI=1S/C30H33N3O6S/c1-5-6-11-27-31-25-17-16-22(40(4,37)38)18-24(25)29(34)33(27)19-20-12-14-21(15-13-20)39-28(30(35)36)23-9-7-8-10-26(23)32(2)3/h7-10,12-18,28H,5-6,11,19H2,1-4H3,(H,35,36). The Labute approximate surface area is 233 Å². The molecule has 4 aromatic rings. The average Bonchev–Trinajstić information content (AvgIpc) is 2.92. The van der Waals surface area contributed by atoms with Crippen molar-refractivity contribution in [2.24, 2.45) is 0 Å². The first kappa shape index (κ1) is 28.8. The first-order valence-electron chi connectivity index (χ1n) is 13.0. The van der Waals surface area contributed by atoms with Gasteiger partial charge >= 0.3 is 5.97 Å². The van der Waals surface area contributed by atoms with Gasteiger partial charge in [-0.2, -0.15) is 0 Å². The number of carbonyl (C=O) groups is 1. The summed E-state index contributed by atoms with van der Waals surface area (Å²) in [6, 6.07) is 18.5. The number of aliphatic carboxylic acids is 1. The SMILES string of the molecule is CCCCc1nc2ccc(S(C)(=O)=O)cc2c(=O)n1Cc1ccc(OC(C(=O)O)c2ccccc2N(C)C)cc1. The van der Waals surface area contributed by atoms with Gasteiger partial charge in [0.15, 0.2) is 9.84 Å². The lowest BCUT2D eigenvalue weighted by atomic mass is 10.1. The molecule has 0 saturated heterocycles. The monoisotopic (exact) mass is 563 g/mol. The number of para-hydroxylation sites is 1. The number of hydrogen-bond donors (Lipinski definition) is 1. The fourth-order valence-electron chi connectivity index (χ4n) is 4.52. The lowest BCUT2D eigenvalue weighted by molar-refractivity contribution is -0.145. The normalized spacial score (nSPS) is 12.3. The minimum atomic E-state index is -3.49. The molecular formula is C30H33N3O6S. The van der Waals surface area contributed by atoms with E-state index < -0.39 is 21.9 Å². The zero-order valence-electron chi connectivity index (χ0n) is 23.0. The molecule has 0 spiro atoms. The van der Waals surface area contributed by atoms with Crippen LogP contribution in [0.3, 0.4) is 0 Å². The van der Waals surface area contributed by atoms with E-state index in [2.05, 4.69) is 6.92 Å². The molecule has 0 radical (unpaired) electrons. The van der Waals surface area contributed by atoms with E-state index in [1.165, 1.54) is 12.1 Å². The molecule has 1 heterocycles. The third-order valence-corrected chi connectivity index (χ3v) is 7.74. The minimum Gasteiger partial charge on any atom is -0.478 e. The number of sulfone groups is 1. The maximum Gasteiger partial charge on any atom is 0.349 e. The van der Waals surface area contributed by atoms with Crippen LogP contribution in [0, 0.1) is 0 Å². The zero-order chi connectivity index (χ0) is 29.0. The number of carboxylic acids is 1. The van der Waals surface area contributed by atoms with Gasteiger partial charge in [0.05, 0.1) is 22.3 Å². The Balaban J connectivity index is 1.66. The number of fused-ring (bicyclic) bond motifs is 1. The van der Waals surface area contributed by atoms with Crippen LogP contribution in [-0.4, -0.2) is 49.4 Å². The van der Waals surface area contributed by atoms with Gasteiger partial charge < -0.3 is 14.7 Å². The lowest BCUT2D eigenvalue weighted by Gasteiger charge is -2.22. The molecule has 0 aliphatic carbocycles. The van der Waals surface area contributed by atoms with E-state index in [9.17, 15) is 23.1 Å². The zero-order valence-corrected chi connectivity index (χ0v) is 23.8. The number of carboxylic acid groups (broad SMARTS) is 1. The van der Waals surface area contributed by atoms with Crippen LogP contribution in [0.1, 0.15) is 42.8 Å². The maximum absolute atomic E-state index is 13.6. The fraction of sp³-hybridized carbons (Fsp3) is 0.300. The number of hydrogen-bond acceptors (Lipinski definition) is 7. The summed E-state index contributed by atoms with van der Waals surface area (Å²) in [5.41, 5.74) is 2.21. The first-order chi connectivity index (χ1) is 19.0. The number of ether oxygens (including phenoxy) is 1. The molecule has 0 saturated carbocycles. The van der Waals surface area contributed by atoms with Crippen LogP contribution in [0.15, 0.2) is 76.4 Å². The smallest absolute Gasteiger partial charge is 0.349 e. The second-order valence-electron chi connectivity index (χ2n) is 9.91. The number of anilines is 1. The van der Waals surface area contributed by atoms with Crippen LogP contribution in [0.4, 0.5) is 5.69 Å². The molecule has 0 fully saturated rings. The van der Waals surface area contributed by atoms with Gasteiger partial charge in [-0.3, -0.25) is 9.36 Å². The molecule has 0 amide bonds. The Hall–Kier alpha value is -4.18. The number of nitrogens with zero attached hydrogens (tertiary/aromatic N) is 3. The predicted molar refractivity (Wildman–Crippen MR) is 155 cm³/mol. The van der Waals surface area contributed by atoms with Gasteiger partial charge in [0, 0.05) is 38.0 Å². The predicted octanol–water partition coefficient (Wildman–Crippen LogP) is 4.46. The summed E-state index contributed by atoms with van der Waals surface area (Å²) in [5.74, 6) is -0.114. The number of aryl methyl sites for hydroxylation is 1. The largest absolute Gasteiger partial charge is 0.478 e. The van der Waals surface area contributed by atoms with Gasteiger partial charge in [0.25, 0.3) is 5.56 Å². The van der Waals surface area contributed by atoms with Crippen molar-refractivity contribution < 1.29 is 23.1 Å². The molecule has 3 aromatic carbocycles. The lowest BCUT2D eigenvalue weighted by Crippen LogP contribution is -2.26. The summed E-state index contributed by atoms with van der Waals surface area (Å²) >= 11 is 0. The van der Waals surface area contributed by atoms with Crippen molar-refractivity contribution in [3.05, 3.63) is 94.0 Å². The van der Waals surface area contributed by atoms with Gasteiger partial charge in [-0.15, -0.1) is 0 Å². The van der Waals surface area contributed by atoms with Crippen LogP contribution in [-0.2, 0) is 27.6 Å². The quantitative estimate of drug-likeness (QED) is 0.284. The van der Waals surface area contributed by atoms with Gasteiger partial charge in [-0.25, -0.2) is 18.2 Å². The highest BCUT2D eigenvalue weighted by Gasteiger charge is 2.25. The van der Waals surface area contributed by atoms with Crippen molar-refractivity contribution in [2.45, 2.75) is 43.7 Å². The Morgan fingerprint density at radius 3 is 2.40 bits per heavy atom. The molecule has 1 atom stereocenters. The Kier molecular flexibility index (Phi) is 8.58. The van der Waals surface area contributed by atoms with Crippen molar-refractivity contribution >= 4 is 32.4 Å². The van der Waals surface area contributed by atoms with Crippen molar-refractivity contribution in [1.82, 2.24) is 9.55 Å². The van der Waals surface area contributed by atoms with Crippen molar-refractivity contribution in [3.63, 3.8) is 0 Å². The third-order valence-electron chi connectivity index (χ3n) is 6.63. The molecule has 1 unspecified atom stereocenters. The molecule has 9 nitrogen and oxygen atoms in total. The van der Waals surface area contributed by atoms with Gasteiger partial charge in [0.1, 0.15) is 11.6 Å². The highest BCUT2D eigenvalue weighted by Crippen LogP contribution is 2.30. The van der Waals surface area contributed by atoms with E-state index in [-0.39, 0.29) is 22.4 Å². The summed E-state index contributed by atoms with van der Waals surface area (Å²) in [6.45, 7) is 2.28. The van der Waals surface area contributed by atoms with Gasteiger partial charge in [0.2, 0.25) is 6.10 Å². The molecule has 10 heteroatoms. The average molecular weight is 564 g/mol. The second kappa shape index (κ2) is 11.9. The second-order valence-corrected chi connectivity index (χ2v) is 11.9. The molecule has 40 heavy (non-hydrogen) atoms.